The van der Waals surface area contributed by atoms with Crippen LogP contribution in [0, 0.1) is 15.9 Å². The van der Waals surface area contributed by atoms with Crippen LogP contribution in [-0.4, -0.2) is 4.92 Å². The molecule has 0 aliphatic heterocycles. The van der Waals surface area contributed by atoms with Gasteiger partial charge in [-0.15, -0.1) is 0 Å². The van der Waals surface area contributed by atoms with Crippen molar-refractivity contribution in [2.45, 2.75) is 0 Å². The molecule has 0 aliphatic carbocycles. The second kappa shape index (κ2) is 6.27. The van der Waals surface area contributed by atoms with Crippen molar-refractivity contribution in [2.75, 3.05) is 5.32 Å². The van der Waals surface area contributed by atoms with Gasteiger partial charge in [0.1, 0.15) is 0 Å². The summed E-state index contributed by atoms with van der Waals surface area (Å²) in [5.41, 5.74) is 2.52. The van der Waals surface area contributed by atoms with Gasteiger partial charge in [-0.25, -0.2) is 0 Å². The predicted octanol–water partition coefficient (Wildman–Crippen LogP) is 5.14. The molecule has 114 valence electrons. The van der Waals surface area contributed by atoms with Crippen LogP contribution in [0.15, 0.2) is 72.8 Å². The number of nitro benzene ring substituents is 1. The molecule has 0 radical (unpaired) electrons. The Morgan fingerprint density at radius 1 is 0.913 bits per heavy atom. The maximum absolute atomic E-state index is 13.9. The first-order chi connectivity index (χ1) is 11.1. The van der Waals surface area contributed by atoms with E-state index in [9.17, 15) is 14.5 Å². The van der Waals surface area contributed by atoms with E-state index in [1.165, 1.54) is 12.1 Å². The van der Waals surface area contributed by atoms with E-state index in [1.807, 2.05) is 54.6 Å². The van der Waals surface area contributed by atoms with E-state index < -0.39 is 16.4 Å². The number of anilines is 2. The minimum Gasteiger partial charge on any atom is -0.355 e. The van der Waals surface area contributed by atoms with E-state index in [0.29, 0.717) is 5.56 Å². The first-order valence-electron chi connectivity index (χ1n) is 7.00. The zero-order chi connectivity index (χ0) is 16.2. The van der Waals surface area contributed by atoms with Gasteiger partial charge in [-0.3, -0.25) is 10.1 Å². The fourth-order valence-electron chi connectivity index (χ4n) is 2.34. The van der Waals surface area contributed by atoms with Gasteiger partial charge in [0.05, 0.1) is 4.92 Å². The quantitative estimate of drug-likeness (QED) is 0.536. The van der Waals surface area contributed by atoms with Gasteiger partial charge < -0.3 is 5.32 Å². The van der Waals surface area contributed by atoms with E-state index >= 15 is 0 Å². The maximum Gasteiger partial charge on any atom is 0.304 e. The summed E-state index contributed by atoms with van der Waals surface area (Å²) in [6.45, 7) is 0. The van der Waals surface area contributed by atoms with E-state index in [-0.39, 0.29) is 0 Å². The van der Waals surface area contributed by atoms with Crippen molar-refractivity contribution in [3.05, 3.63) is 88.7 Å². The molecule has 3 aromatic carbocycles. The van der Waals surface area contributed by atoms with Crippen molar-refractivity contribution in [1.82, 2.24) is 0 Å². The predicted molar refractivity (Wildman–Crippen MR) is 88.2 cm³/mol. The van der Waals surface area contributed by atoms with Crippen LogP contribution >= 0.6 is 0 Å². The van der Waals surface area contributed by atoms with Crippen LogP contribution in [0.25, 0.3) is 11.1 Å². The summed E-state index contributed by atoms with van der Waals surface area (Å²) in [5, 5.41) is 14.0. The highest BCUT2D eigenvalue weighted by Crippen LogP contribution is 2.32. The summed E-state index contributed by atoms with van der Waals surface area (Å²) in [7, 11) is 0. The van der Waals surface area contributed by atoms with Crippen molar-refractivity contribution in [3.8, 4) is 11.1 Å². The highest BCUT2D eigenvalue weighted by molar-refractivity contribution is 5.81. The number of nitrogens with zero attached hydrogens (tertiary/aromatic N) is 1. The van der Waals surface area contributed by atoms with Gasteiger partial charge >= 0.3 is 5.69 Å². The Morgan fingerprint density at radius 2 is 1.61 bits per heavy atom. The lowest BCUT2D eigenvalue weighted by Crippen LogP contribution is -1.95. The maximum atomic E-state index is 13.9. The molecule has 0 fully saturated rings. The van der Waals surface area contributed by atoms with Gasteiger partial charge in [0.2, 0.25) is 5.82 Å². The second-order valence-corrected chi connectivity index (χ2v) is 4.96. The Labute approximate surface area is 132 Å². The fraction of sp³-hybridized carbons (Fsp3) is 0. The van der Waals surface area contributed by atoms with Crippen molar-refractivity contribution >= 4 is 17.1 Å². The van der Waals surface area contributed by atoms with Crippen LogP contribution in [0.5, 0.6) is 0 Å². The normalized spacial score (nSPS) is 10.3. The summed E-state index contributed by atoms with van der Waals surface area (Å²) in [6.07, 6.45) is 0. The fourth-order valence-corrected chi connectivity index (χ4v) is 2.34. The molecule has 5 heteroatoms. The van der Waals surface area contributed by atoms with Crippen LogP contribution in [0.2, 0.25) is 0 Å². The van der Waals surface area contributed by atoms with E-state index in [2.05, 4.69) is 5.32 Å². The number of rotatable bonds is 4. The number of para-hydroxylation sites is 2. The number of halogens is 1. The molecule has 0 saturated carbocycles. The molecule has 3 aromatic rings. The minimum absolute atomic E-state index is 0.526. The van der Waals surface area contributed by atoms with Crippen LogP contribution in [0.4, 0.5) is 21.5 Å². The van der Waals surface area contributed by atoms with Crippen molar-refractivity contribution in [1.29, 1.82) is 0 Å². The molecular weight excluding hydrogens is 295 g/mol. The third kappa shape index (κ3) is 3.18. The van der Waals surface area contributed by atoms with Crippen LogP contribution < -0.4 is 5.32 Å². The van der Waals surface area contributed by atoms with Crippen LogP contribution in [0.3, 0.4) is 0 Å². The Bertz CT molecular complexity index is 851. The van der Waals surface area contributed by atoms with E-state index in [4.69, 9.17) is 0 Å². The van der Waals surface area contributed by atoms with Crippen LogP contribution in [-0.2, 0) is 0 Å². The topological polar surface area (TPSA) is 55.2 Å². The van der Waals surface area contributed by atoms with Crippen molar-refractivity contribution in [3.63, 3.8) is 0 Å². The molecule has 0 bridgehead atoms. The molecule has 4 nitrogen and oxygen atoms in total. The molecule has 0 amide bonds. The molecule has 0 aromatic heterocycles. The number of nitro groups is 1. The van der Waals surface area contributed by atoms with E-state index in [1.54, 1.807) is 6.07 Å². The lowest BCUT2D eigenvalue weighted by atomic mass is 10.0. The standard InChI is InChI=1S/C18H13FN2O2/c19-16-12-13(10-11-18(16)21(22)23)15-8-4-5-9-17(15)20-14-6-2-1-3-7-14/h1-12,20H. The molecule has 23 heavy (non-hydrogen) atoms. The van der Waals surface area contributed by atoms with Gasteiger partial charge in [0.15, 0.2) is 0 Å². The van der Waals surface area contributed by atoms with Gasteiger partial charge in [0, 0.05) is 23.0 Å². The lowest BCUT2D eigenvalue weighted by molar-refractivity contribution is -0.387. The summed E-state index contributed by atoms with van der Waals surface area (Å²) >= 11 is 0. The molecular formula is C18H13FN2O2. The molecule has 0 aliphatic rings. The average molecular weight is 308 g/mol. The SMILES string of the molecule is O=[N+]([O-])c1ccc(-c2ccccc2Nc2ccccc2)cc1F. The minimum atomic E-state index is -0.845. The van der Waals surface area contributed by atoms with Gasteiger partial charge in [-0.05, 0) is 35.9 Å². The highest BCUT2D eigenvalue weighted by Gasteiger charge is 2.15. The molecule has 0 unspecified atom stereocenters. The summed E-state index contributed by atoms with van der Waals surface area (Å²) in [5.74, 6) is -0.845. The van der Waals surface area contributed by atoms with E-state index in [0.717, 1.165) is 16.9 Å². The molecule has 0 spiro atoms. The molecule has 0 saturated heterocycles. The largest absolute Gasteiger partial charge is 0.355 e. The summed E-state index contributed by atoms with van der Waals surface area (Å²) < 4.78 is 13.9. The van der Waals surface area contributed by atoms with Gasteiger partial charge in [0.25, 0.3) is 0 Å². The third-order valence-electron chi connectivity index (χ3n) is 3.44. The zero-order valence-corrected chi connectivity index (χ0v) is 12.1. The average Bonchev–Trinajstić information content (AvgIpc) is 2.56. The first-order valence-corrected chi connectivity index (χ1v) is 7.00. The number of hydrogen-bond donors (Lipinski definition) is 1. The molecule has 3 rings (SSSR count). The highest BCUT2D eigenvalue weighted by atomic mass is 19.1. The van der Waals surface area contributed by atoms with Crippen molar-refractivity contribution < 1.29 is 9.31 Å². The zero-order valence-electron chi connectivity index (χ0n) is 12.1. The van der Waals surface area contributed by atoms with Crippen LogP contribution in [0.1, 0.15) is 0 Å². The Morgan fingerprint density at radius 3 is 2.30 bits per heavy atom. The Kier molecular flexibility index (Phi) is 4.01. The molecule has 1 N–H and O–H groups in total. The van der Waals surface area contributed by atoms with Crippen molar-refractivity contribution in [2.24, 2.45) is 0 Å². The second-order valence-electron chi connectivity index (χ2n) is 4.96. The summed E-state index contributed by atoms with van der Waals surface area (Å²) in [6, 6.07) is 20.9. The Hall–Kier alpha value is -3.21. The lowest BCUT2D eigenvalue weighted by Gasteiger charge is -2.12. The monoisotopic (exact) mass is 308 g/mol. The third-order valence-corrected chi connectivity index (χ3v) is 3.44. The molecule has 0 atom stereocenters. The number of nitrogens with one attached hydrogen (secondary N) is 1. The molecule has 0 heterocycles. The summed E-state index contributed by atoms with van der Waals surface area (Å²) in [4.78, 5) is 10.0. The smallest absolute Gasteiger partial charge is 0.304 e. The van der Waals surface area contributed by atoms with Gasteiger partial charge in [-0.1, -0.05) is 36.4 Å². The number of hydrogen-bond acceptors (Lipinski definition) is 3. The number of benzene rings is 3. The Balaban J connectivity index is 2.00. The first kappa shape index (κ1) is 14.7. The van der Waals surface area contributed by atoms with Gasteiger partial charge in [-0.2, -0.15) is 4.39 Å².